The van der Waals surface area contributed by atoms with Gasteiger partial charge >= 0.3 is 11.9 Å². The van der Waals surface area contributed by atoms with Gasteiger partial charge in [0, 0.05) is 13.0 Å². The largest absolute Gasteiger partial charge is 0.481 e. The van der Waals surface area contributed by atoms with Crippen molar-refractivity contribution in [1.82, 2.24) is 10.6 Å². The molecule has 0 fully saturated rings. The summed E-state index contributed by atoms with van der Waals surface area (Å²) in [6.07, 6.45) is 1.33. The van der Waals surface area contributed by atoms with E-state index in [1.165, 1.54) is 0 Å². The summed E-state index contributed by atoms with van der Waals surface area (Å²) in [5.41, 5.74) is 21.6. The van der Waals surface area contributed by atoms with Gasteiger partial charge in [0.25, 0.3) is 0 Å². The van der Waals surface area contributed by atoms with Crippen molar-refractivity contribution >= 4 is 29.7 Å². The molecule has 0 aliphatic heterocycles. The minimum atomic E-state index is -1.20. The van der Waals surface area contributed by atoms with E-state index in [4.69, 9.17) is 28.0 Å². The lowest BCUT2D eigenvalue weighted by atomic mass is 10.1. The maximum atomic E-state index is 12.6. The van der Waals surface area contributed by atoms with Crippen molar-refractivity contribution in [2.24, 2.45) is 27.9 Å². The van der Waals surface area contributed by atoms with Gasteiger partial charge in [-0.05, 0) is 45.1 Å². The van der Waals surface area contributed by atoms with Crippen molar-refractivity contribution < 1.29 is 29.4 Å². The quantitative estimate of drug-likeness (QED) is 0.0719. The van der Waals surface area contributed by atoms with Crippen molar-refractivity contribution in [1.29, 1.82) is 0 Å². The Labute approximate surface area is 174 Å². The second-order valence-electron chi connectivity index (χ2n) is 6.73. The molecule has 0 aliphatic rings. The molecule has 30 heavy (non-hydrogen) atoms. The smallest absolute Gasteiger partial charge is 0.326 e. The van der Waals surface area contributed by atoms with Crippen LogP contribution >= 0.6 is 0 Å². The van der Waals surface area contributed by atoms with Crippen LogP contribution in [0.5, 0.6) is 0 Å². The van der Waals surface area contributed by atoms with Crippen molar-refractivity contribution in [2.75, 3.05) is 13.1 Å². The van der Waals surface area contributed by atoms with Crippen LogP contribution in [0.25, 0.3) is 0 Å². The molecule has 13 heteroatoms. The number of amides is 2. The average molecular weight is 431 g/mol. The van der Waals surface area contributed by atoms with Crippen LogP contribution in [0.1, 0.15) is 44.9 Å². The lowest BCUT2D eigenvalue weighted by Crippen LogP contribution is -2.54. The van der Waals surface area contributed by atoms with Crippen molar-refractivity contribution in [3.05, 3.63) is 0 Å². The fraction of sp³-hybridized carbons (Fsp3) is 0.706. The van der Waals surface area contributed by atoms with Gasteiger partial charge in [0.2, 0.25) is 11.8 Å². The number of nitrogens with two attached hydrogens (primary N) is 4. The van der Waals surface area contributed by atoms with Gasteiger partial charge in [-0.3, -0.25) is 19.4 Å². The van der Waals surface area contributed by atoms with Crippen molar-refractivity contribution in [2.45, 2.75) is 63.1 Å². The van der Waals surface area contributed by atoms with Crippen LogP contribution in [0, 0.1) is 0 Å². The third kappa shape index (κ3) is 12.5. The topological polar surface area (TPSA) is 249 Å². The Kier molecular flexibility index (Phi) is 13.5. The molecule has 0 aromatic rings. The number of hydrogen-bond donors (Lipinski definition) is 8. The summed E-state index contributed by atoms with van der Waals surface area (Å²) in [5.74, 6) is -3.84. The average Bonchev–Trinajstić information content (AvgIpc) is 2.66. The summed E-state index contributed by atoms with van der Waals surface area (Å²) in [5, 5.41) is 22.9. The van der Waals surface area contributed by atoms with E-state index in [1.807, 2.05) is 0 Å². The van der Waals surface area contributed by atoms with Gasteiger partial charge in [-0.15, -0.1) is 0 Å². The predicted octanol–water partition coefficient (Wildman–Crippen LogP) is -2.58. The van der Waals surface area contributed by atoms with Gasteiger partial charge in [-0.2, -0.15) is 0 Å². The van der Waals surface area contributed by atoms with Gasteiger partial charge < -0.3 is 43.8 Å². The van der Waals surface area contributed by atoms with E-state index >= 15 is 0 Å². The Morgan fingerprint density at radius 1 is 0.867 bits per heavy atom. The molecule has 3 atom stereocenters. The lowest BCUT2D eigenvalue weighted by molar-refractivity contribution is -0.142. The van der Waals surface area contributed by atoms with Gasteiger partial charge in [0.05, 0.1) is 6.04 Å². The van der Waals surface area contributed by atoms with E-state index in [9.17, 15) is 24.3 Å². The van der Waals surface area contributed by atoms with Gasteiger partial charge in [0.1, 0.15) is 12.1 Å². The van der Waals surface area contributed by atoms with E-state index in [-0.39, 0.29) is 38.2 Å². The number of nitrogens with zero attached hydrogens (tertiary/aromatic N) is 1. The van der Waals surface area contributed by atoms with Crippen LogP contribution in [-0.2, 0) is 19.2 Å². The molecule has 0 saturated heterocycles. The number of aliphatic imine (C=N–C) groups is 1. The van der Waals surface area contributed by atoms with Crippen LogP contribution in [0.4, 0.5) is 0 Å². The number of nitrogens with one attached hydrogen (secondary N) is 2. The molecule has 0 saturated carbocycles. The third-order valence-electron chi connectivity index (χ3n) is 4.15. The molecule has 0 rings (SSSR count). The molecule has 0 aliphatic carbocycles. The Balaban J connectivity index is 5.07. The predicted molar refractivity (Wildman–Crippen MR) is 109 cm³/mol. The Morgan fingerprint density at radius 3 is 2.00 bits per heavy atom. The maximum absolute atomic E-state index is 12.6. The summed E-state index contributed by atoms with van der Waals surface area (Å²) in [6, 6.07) is -3.35. The number of aliphatic carboxylic acids is 2. The second-order valence-corrected chi connectivity index (χ2v) is 6.73. The first kappa shape index (κ1) is 27.1. The van der Waals surface area contributed by atoms with E-state index in [0.29, 0.717) is 25.8 Å². The van der Waals surface area contributed by atoms with Crippen LogP contribution in [0.2, 0.25) is 0 Å². The Morgan fingerprint density at radius 2 is 1.47 bits per heavy atom. The van der Waals surface area contributed by atoms with Crippen molar-refractivity contribution in [3.63, 3.8) is 0 Å². The third-order valence-corrected chi connectivity index (χ3v) is 4.15. The van der Waals surface area contributed by atoms with Crippen LogP contribution in [-0.4, -0.2) is 71.1 Å². The SMILES string of the molecule is NCCCCC(NC(=O)C(CCCN=C(N)N)NC(=O)C(N)CCC(=O)O)C(=O)O. The molecule has 0 aromatic heterocycles. The number of carbonyl (C=O) groups excluding carboxylic acids is 2. The Bertz CT molecular complexity index is 609. The standard InChI is InChI=1S/C17H33N7O6/c18-8-2-1-4-12(16(29)30)24-15(28)11(5-3-9-22-17(20)21)23-14(27)10(19)6-7-13(25)26/h10-12H,1-9,18-19H2,(H,23,27)(H,24,28)(H,25,26)(H,29,30)(H4,20,21,22). The summed E-state index contributed by atoms with van der Waals surface area (Å²) in [6.45, 7) is 0.601. The van der Waals surface area contributed by atoms with Gasteiger partial charge in [-0.1, -0.05) is 0 Å². The summed E-state index contributed by atoms with van der Waals surface area (Å²) < 4.78 is 0. The highest BCUT2D eigenvalue weighted by molar-refractivity contribution is 5.91. The highest BCUT2D eigenvalue weighted by atomic mass is 16.4. The maximum Gasteiger partial charge on any atom is 0.326 e. The molecule has 0 radical (unpaired) electrons. The summed E-state index contributed by atoms with van der Waals surface area (Å²) in [7, 11) is 0. The zero-order chi connectivity index (χ0) is 23.1. The van der Waals surface area contributed by atoms with E-state index in [1.54, 1.807) is 0 Å². The monoisotopic (exact) mass is 431 g/mol. The molecule has 13 nitrogen and oxygen atoms in total. The molecule has 0 aromatic carbocycles. The first-order chi connectivity index (χ1) is 14.1. The molecule has 0 spiro atoms. The highest BCUT2D eigenvalue weighted by Gasteiger charge is 2.27. The highest BCUT2D eigenvalue weighted by Crippen LogP contribution is 2.05. The van der Waals surface area contributed by atoms with E-state index in [2.05, 4.69) is 15.6 Å². The number of unbranched alkanes of at least 4 members (excludes halogenated alkanes) is 1. The summed E-state index contributed by atoms with van der Waals surface area (Å²) >= 11 is 0. The first-order valence-corrected chi connectivity index (χ1v) is 9.64. The molecular weight excluding hydrogens is 398 g/mol. The number of guanidine groups is 1. The normalized spacial score (nSPS) is 13.5. The zero-order valence-corrected chi connectivity index (χ0v) is 16.9. The number of carbonyl (C=O) groups is 4. The Hall–Kier alpha value is -2.93. The van der Waals surface area contributed by atoms with Crippen LogP contribution in [0.15, 0.2) is 4.99 Å². The molecule has 3 unspecified atom stereocenters. The lowest BCUT2D eigenvalue weighted by Gasteiger charge is -2.22. The molecule has 2 amide bonds. The fourth-order valence-corrected chi connectivity index (χ4v) is 2.48. The minimum Gasteiger partial charge on any atom is -0.481 e. The van der Waals surface area contributed by atoms with Crippen LogP contribution < -0.4 is 33.6 Å². The van der Waals surface area contributed by atoms with E-state index in [0.717, 1.165) is 0 Å². The van der Waals surface area contributed by atoms with Gasteiger partial charge in [-0.25, -0.2) is 4.79 Å². The number of carboxylic acids is 2. The van der Waals surface area contributed by atoms with E-state index < -0.39 is 41.9 Å². The van der Waals surface area contributed by atoms with Crippen molar-refractivity contribution in [3.8, 4) is 0 Å². The number of hydrogen-bond acceptors (Lipinski definition) is 7. The molecule has 12 N–H and O–H groups in total. The summed E-state index contributed by atoms with van der Waals surface area (Å²) in [4.78, 5) is 50.7. The fourth-order valence-electron chi connectivity index (χ4n) is 2.48. The van der Waals surface area contributed by atoms with Gasteiger partial charge in [0.15, 0.2) is 5.96 Å². The number of carboxylic acid groups (broad SMARTS) is 2. The van der Waals surface area contributed by atoms with Crippen LogP contribution in [0.3, 0.4) is 0 Å². The number of rotatable bonds is 16. The molecule has 172 valence electrons. The molecule has 0 heterocycles. The zero-order valence-electron chi connectivity index (χ0n) is 16.9. The molecule has 0 bridgehead atoms. The molecular formula is C17H33N7O6. The first-order valence-electron chi connectivity index (χ1n) is 9.64. The minimum absolute atomic E-state index is 0.111. The second kappa shape index (κ2) is 15.0.